The average Bonchev–Trinajstić information content (AvgIpc) is 3.38. The van der Waals surface area contributed by atoms with Crippen molar-refractivity contribution in [3.05, 3.63) is 53.5 Å². The van der Waals surface area contributed by atoms with Crippen molar-refractivity contribution in [2.45, 2.75) is 32.5 Å². The molecule has 26 heavy (non-hydrogen) atoms. The highest BCUT2D eigenvalue weighted by Gasteiger charge is 2.28. The molecule has 0 saturated carbocycles. The van der Waals surface area contributed by atoms with Gasteiger partial charge >= 0.3 is 0 Å². The molecule has 9 nitrogen and oxygen atoms in total. The lowest BCUT2D eigenvalue weighted by Gasteiger charge is -2.27. The van der Waals surface area contributed by atoms with Gasteiger partial charge in [-0.25, -0.2) is 9.97 Å². The van der Waals surface area contributed by atoms with E-state index in [4.69, 9.17) is 4.42 Å². The van der Waals surface area contributed by atoms with Crippen LogP contribution in [0, 0.1) is 0 Å². The van der Waals surface area contributed by atoms with Gasteiger partial charge in [0.25, 0.3) is 5.91 Å². The number of carbonyl (C=O) groups is 1. The van der Waals surface area contributed by atoms with Crippen molar-refractivity contribution < 1.29 is 14.3 Å². The van der Waals surface area contributed by atoms with Gasteiger partial charge in [0.05, 0.1) is 24.5 Å². The summed E-state index contributed by atoms with van der Waals surface area (Å²) in [6, 6.07) is 1.82. The summed E-state index contributed by atoms with van der Waals surface area (Å²) in [5.74, 6) is 0.984. The summed E-state index contributed by atoms with van der Waals surface area (Å²) < 4.78 is 8.85. The number of carbonyl (C=O) groups excluding carboxylic acids is 1. The molecule has 4 heterocycles. The predicted molar refractivity (Wildman–Crippen MR) is 90.1 cm³/mol. The number of oxazole rings is 1. The van der Waals surface area contributed by atoms with Gasteiger partial charge in [0.15, 0.2) is 18.2 Å². The highest BCUT2D eigenvalue weighted by Crippen LogP contribution is 2.23. The third kappa shape index (κ3) is 2.70. The highest BCUT2D eigenvalue weighted by molar-refractivity contribution is 5.93. The van der Waals surface area contributed by atoms with E-state index in [1.54, 1.807) is 21.9 Å². The van der Waals surface area contributed by atoms with Crippen molar-refractivity contribution in [1.29, 1.82) is 0 Å². The molecular weight excluding hydrogens is 336 g/mol. The summed E-state index contributed by atoms with van der Waals surface area (Å²) in [6.07, 6.45) is 4.43. The Morgan fingerprint density at radius 2 is 2.23 bits per heavy atom. The Kier molecular flexibility index (Phi) is 4.08. The second kappa shape index (κ2) is 6.41. The first-order valence-electron chi connectivity index (χ1n) is 8.52. The molecule has 1 N–H and O–H groups in total. The lowest BCUT2D eigenvalue weighted by Crippen LogP contribution is -2.38. The van der Waals surface area contributed by atoms with Gasteiger partial charge in [0.1, 0.15) is 11.6 Å². The van der Waals surface area contributed by atoms with Crippen LogP contribution in [0.4, 0.5) is 0 Å². The van der Waals surface area contributed by atoms with Gasteiger partial charge in [-0.3, -0.25) is 9.48 Å². The fourth-order valence-electron chi connectivity index (χ4n) is 3.21. The molecule has 0 spiro atoms. The van der Waals surface area contributed by atoms with Crippen LogP contribution in [0.5, 0.6) is 0 Å². The standard InChI is InChI=1S/C17H20N6O3/c1-3-13-14(19-10-26-13)17(25)22-6-7-23-11(9-22)8-12(20-23)15(24)16-18-4-5-21(16)2/h4-5,8,10,15,24H,3,6-7,9H2,1-2H3. The van der Waals surface area contributed by atoms with Crippen LogP contribution in [0.2, 0.25) is 0 Å². The fraction of sp³-hybridized carbons (Fsp3) is 0.412. The van der Waals surface area contributed by atoms with Crippen LogP contribution in [-0.2, 0) is 26.6 Å². The zero-order valence-corrected chi connectivity index (χ0v) is 14.7. The van der Waals surface area contributed by atoms with Crippen LogP contribution < -0.4 is 0 Å². The van der Waals surface area contributed by atoms with E-state index < -0.39 is 6.10 Å². The van der Waals surface area contributed by atoms with Crippen molar-refractivity contribution in [3.63, 3.8) is 0 Å². The minimum atomic E-state index is -0.903. The summed E-state index contributed by atoms with van der Waals surface area (Å²) in [5, 5.41) is 15.0. The molecule has 4 rings (SSSR count). The number of hydrogen-bond acceptors (Lipinski definition) is 6. The Morgan fingerprint density at radius 3 is 2.96 bits per heavy atom. The fourth-order valence-corrected chi connectivity index (χ4v) is 3.21. The second-order valence-electron chi connectivity index (χ2n) is 6.29. The number of aliphatic hydroxyl groups is 1. The summed E-state index contributed by atoms with van der Waals surface area (Å²) >= 11 is 0. The average molecular weight is 356 g/mol. The smallest absolute Gasteiger partial charge is 0.276 e. The molecule has 0 aromatic carbocycles. The molecule has 3 aromatic heterocycles. The zero-order valence-electron chi connectivity index (χ0n) is 14.7. The lowest BCUT2D eigenvalue weighted by atomic mass is 10.2. The van der Waals surface area contributed by atoms with Crippen LogP contribution >= 0.6 is 0 Å². The van der Waals surface area contributed by atoms with E-state index in [0.29, 0.717) is 49.0 Å². The molecule has 0 saturated heterocycles. The van der Waals surface area contributed by atoms with Gasteiger partial charge in [-0.05, 0) is 6.07 Å². The quantitative estimate of drug-likeness (QED) is 0.745. The molecule has 1 amide bonds. The zero-order chi connectivity index (χ0) is 18.3. The van der Waals surface area contributed by atoms with E-state index in [9.17, 15) is 9.90 Å². The lowest BCUT2D eigenvalue weighted by molar-refractivity contribution is 0.0698. The second-order valence-corrected chi connectivity index (χ2v) is 6.29. The number of rotatable bonds is 4. The Balaban J connectivity index is 1.55. The van der Waals surface area contributed by atoms with E-state index in [-0.39, 0.29) is 5.91 Å². The largest absolute Gasteiger partial charge is 0.448 e. The highest BCUT2D eigenvalue weighted by atomic mass is 16.3. The number of aromatic nitrogens is 5. The Bertz CT molecular complexity index is 940. The van der Waals surface area contributed by atoms with Gasteiger partial charge in [-0.2, -0.15) is 5.10 Å². The SMILES string of the molecule is CCc1ocnc1C(=O)N1CCn2nc(C(O)c3nccn3C)cc2C1. The Labute approximate surface area is 149 Å². The van der Waals surface area contributed by atoms with E-state index >= 15 is 0 Å². The van der Waals surface area contributed by atoms with Crippen LogP contribution in [0.25, 0.3) is 0 Å². The first kappa shape index (κ1) is 16.5. The van der Waals surface area contributed by atoms with E-state index in [1.165, 1.54) is 6.39 Å². The van der Waals surface area contributed by atoms with Gasteiger partial charge in [0.2, 0.25) is 0 Å². The van der Waals surface area contributed by atoms with Gasteiger partial charge < -0.3 is 19.0 Å². The third-order valence-electron chi connectivity index (χ3n) is 4.65. The Hall–Kier alpha value is -2.94. The van der Waals surface area contributed by atoms with Crippen LogP contribution in [0.3, 0.4) is 0 Å². The monoisotopic (exact) mass is 356 g/mol. The maximum absolute atomic E-state index is 12.7. The molecule has 3 aromatic rings. The predicted octanol–water partition coefficient (Wildman–Crippen LogP) is 0.905. The number of amides is 1. The van der Waals surface area contributed by atoms with Crippen molar-refractivity contribution in [1.82, 2.24) is 29.2 Å². The third-order valence-corrected chi connectivity index (χ3v) is 4.65. The number of fused-ring (bicyclic) bond motifs is 1. The molecule has 0 radical (unpaired) electrons. The maximum atomic E-state index is 12.7. The summed E-state index contributed by atoms with van der Waals surface area (Å²) in [6.45, 7) is 3.43. The van der Waals surface area contributed by atoms with Crippen LogP contribution in [0.15, 0.2) is 29.3 Å². The minimum absolute atomic E-state index is 0.144. The summed E-state index contributed by atoms with van der Waals surface area (Å²) in [5.41, 5.74) is 1.77. The normalized spacial score (nSPS) is 15.1. The topological polar surface area (TPSA) is 102 Å². The molecule has 1 aliphatic rings. The molecule has 1 atom stereocenters. The molecule has 1 aliphatic heterocycles. The number of hydrogen-bond donors (Lipinski definition) is 1. The van der Waals surface area contributed by atoms with Gasteiger partial charge in [-0.1, -0.05) is 6.92 Å². The summed E-state index contributed by atoms with van der Waals surface area (Å²) in [7, 11) is 1.82. The Morgan fingerprint density at radius 1 is 1.38 bits per heavy atom. The minimum Gasteiger partial charge on any atom is -0.448 e. The van der Waals surface area contributed by atoms with E-state index in [0.717, 1.165) is 5.69 Å². The van der Waals surface area contributed by atoms with Crippen molar-refractivity contribution >= 4 is 5.91 Å². The maximum Gasteiger partial charge on any atom is 0.276 e. The molecular formula is C17H20N6O3. The molecule has 9 heteroatoms. The first-order chi connectivity index (χ1) is 12.6. The molecule has 136 valence electrons. The molecule has 1 unspecified atom stereocenters. The number of aliphatic hydroxyl groups excluding tert-OH is 1. The van der Waals surface area contributed by atoms with Crippen molar-refractivity contribution in [2.75, 3.05) is 6.54 Å². The molecule has 0 bridgehead atoms. The molecule has 0 aliphatic carbocycles. The van der Waals surface area contributed by atoms with E-state index in [2.05, 4.69) is 15.1 Å². The first-order valence-corrected chi connectivity index (χ1v) is 8.52. The van der Waals surface area contributed by atoms with Gasteiger partial charge in [-0.15, -0.1) is 0 Å². The summed E-state index contributed by atoms with van der Waals surface area (Å²) in [4.78, 5) is 22.7. The number of imidazole rings is 1. The van der Waals surface area contributed by atoms with Crippen molar-refractivity contribution in [2.24, 2.45) is 7.05 Å². The van der Waals surface area contributed by atoms with Crippen LogP contribution in [-0.4, -0.2) is 46.8 Å². The number of nitrogens with zero attached hydrogens (tertiary/aromatic N) is 6. The molecule has 0 fully saturated rings. The van der Waals surface area contributed by atoms with Gasteiger partial charge in [0, 0.05) is 32.4 Å². The van der Waals surface area contributed by atoms with E-state index in [1.807, 2.05) is 24.7 Å². The van der Waals surface area contributed by atoms with Crippen molar-refractivity contribution in [3.8, 4) is 0 Å². The number of aryl methyl sites for hydroxylation is 2. The van der Waals surface area contributed by atoms with Crippen LogP contribution in [0.1, 0.15) is 46.5 Å².